The summed E-state index contributed by atoms with van der Waals surface area (Å²) in [5.41, 5.74) is 2.02. The fourth-order valence-corrected chi connectivity index (χ4v) is 2.81. The number of halogens is 3. The maximum Gasteiger partial charge on any atom is 0.303 e. The number of hydrogen-bond donors (Lipinski definition) is 1. The quantitative estimate of drug-likeness (QED) is 0.584. The molecule has 0 radical (unpaired) electrons. The highest BCUT2D eigenvalue weighted by atomic mass is 35.5. The minimum atomic E-state index is -1.04. The van der Waals surface area contributed by atoms with E-state index < -0.39 is 23.4 Å². The van der Waals surface area contributed by atoms with E-state index in [2.05, 4.69) is 5.16 Å². The van der Waals surface area contributed by atoms with Gasteiger partial charge in [-0.1, -0.05) is 28.9 Å². The summed E-state index contributed by atoms with van der Waals surface area (Å²) >= 11 is 5.89. The summed E-state index contributed by atoms with van der Waals surface area (Å²) in [6, 6.07) is 9.04. The second-order valence-electron chi connectivity index (χ2n) is 6.14. The Kier molecular flexibility index (Phi) is 5.94. The van der Waals surface area contributed by atoms with Crippen LogP contribution < -0.4 is 4.74 Å². The van der Waals surface area contributed by atoms with Gasteiger partial charge >= 0.3 is 5.97 Å². The molecule has 28 heavy (non-hydrogen) atoms. The third-order valence-corrected chi connectivity index (χ3v) is 4.40. The summed E-state index contributed by atoms with van der Waals surface area (Å²) < 4.78 is 39.1. The first-order valence-corrected chi connectivity index (χ1v) is 8.76. The number of nitrogens with zero attached hydrogens (tertiary/aromatic N) is 1. The van der Waals surface area contributed by atoms with Crippen LogP contribution in [-0.4, -0.2) is 16.2 Å². The number of carboxylic acids is 1. The van der Waals surface area contributed by atoms with Gasteiger partial charge in [-0.25, -0.2) is 8.78 Å². The Hall–Kier alpha value is -2.93. The topological polar surface area (TPSA) is 72.6 Å². The largest absolute Gasteiger partial charge is 0.483 e. The van der Waals surface area contributed by atoms with Crippen LogP contribution in [0.1, 0.15) is 23.3 Å². The van der Waals surface area contributed by atoms with Crippen molar-refractivity contribution in [3.63, 3.8) is 0 Å². The van der Waals surface area contributed by atoms with Crippen LogP contribution in [0, 0.1) is 18.6 Å². The molecule has 2 aromatic carbocycles. The molecule has 1 N–H and O–H groups in total. The zero-order chi connectivity index (χ0) is 20.3. The molecule has 3 aromatic rings. The molecule has 3 rings (SSSR count). The molecule has 0 aliphatic carbocycles. The molecule has 0 spiro atoms. The van der Waals surface area contributed by atoms with E-state index in [1.165, 1.54) is 0 Å². The summed E-state index contributed by atoms with van der Waals surface area (Å²) in [5.74, 6) is -2.92. The Morgan fingerprint density at radius 1 is 1.21 bits per heavy atom. The predicted molar refractivity (Wildman–Crippen MR) is 98.3 cm³/mol. The lowest BCUT2D eigenvalue weighted by molar-refractivity contribution is -0.136. The molecule has 0 fully saturated rings. The number of ether oxygens (including phenoxy) is 1. The smallest absolute Gasteiger partial charge is 0.303 e. The number of carboxylic acid groups (broad SMARTS) is 1. The van der Waals surface area contributed by atoms with Gasteiger partial charge in [-0.2, -0.15) is 0 Å². The summed E-state index contributed by atoms with van der Waals surface area (Å²) in [7, 11) is 0. The molecule has 1 heterocycles. The first-order valence-electron chi connectivity index (χ1n) is 8.38. The van der Waals surface area contributed by atoms with E-state index in [9.17, 15) is 13.6 Å². The Morgan fingerprint density at radius 3 is 2.46 bits per heavy atom. The predicted octanol–water partition coefficient (Wildman–Crippen LogP) is 5.18. The number of aryl methyl sites for hydroxylation is 2. The van der Waals surface area contributed by atoms with Crippen LogP contribution in [0.2, 0.25) is 5.02 Å². The number of rotatable bonds is 7. The summed E-state index contributed by atoms with van der Waals surface area (Å²) in [4.78, 5) is 10.6. The summed E-state index contributed by atoms with van der Waals surface area (Å²) in [5, 5.41) is 13.2. The molecule has 146 valence electrons. The van der Waals surface area contributed by atoms with Gasteiger partial charge in [0, 0.05) is 17.0 Å². The molecule has 0 unspecified atom stereocenters. The lowest BCUT2D eigenvalue weighted by atomic mass is 10.1. The molecule has 0 saturated carbocycles. The SMILES string of the molecule is Cc1onc(-c2ccc(Cl)cc2)c1COc1c(F)cc(CCC(=O)O)cc1F. The molecule has 0 aliphatic rings. The Bertz CT molecular complexity index is 979. The van der Waals surface area contributed by atoms with Crippen LogP contribution >= 0.6 is 11.6 Å². The molecule has 0 atom stereocenters. The van der Waals surface area contributed by atoms with Crippen LogP contribution in [0.15, 0.2) is 40.9 Å². The minimum absolute atomic E-state index is 0.0227. The molecule has 0 saturated heterocycles. The van der Waals surface area contributed by atoms with Crippen molar-refractivity contribution < 1.29 is 27.9 Å². The van der Waals surface area contributed by atoms with Crippen LogP contribution in [0.25, 0.3) is 11.3 Å². The van der Waals surface area contributed by atoms with Crippen LogP contribution in [0.5, 0.6) is 5.75 Å². The van der Waals surface area contributed by atoms with Gasteiger partial charge in [-0.3, -0.25) is 4.79 Å². The molecule has 8 heteroatoms. The van der Waals surface area contributed by atoms with Crippen molar-refractivity contribution in [1.82, 2.24) is 5.16 Å². The number of aromatic nitrogens is 1. The maximum absolute atomic E-state index is 14.3. The van der Waals surface area contributed by atoms with Gasteiger partial charge in [0.2, 0.25) is 0 Å². The van der Waals surface area contributed by atoms with Crippen molar-refractivity contribution in [3.8, 4) is 17.0 Å². The molecule has 0 amide bonds. The Labute approximate surface area is 164 Å². The van der Waals surface area contributed by atoms with Gasteiger partial charge < -0.3 is 14.4 Å². The average Bonchev–Trinajstić information content (AvgIpc) is 3.00. The van der Waals surface area contributed by atoms with Gasteiger partial charge in [-0.05, 0) is 43.2 Å². The van der Waals surface area contributed by atoms with Crippen molar-refractivity contribution in [3.05, 3.63) is 69.9 Å². The number of carbonyl (C=O) groups is 1. The van der Waals surface area contributed by atoms with Crippen molar-refractivity contribution >= 4 is 17.6 Å². The first-order chi connectivity index (χ1) is 13.3. The van der Waals surface area contributed by atoms with Gasteiger partial charge in [0.15, 0.2) is 17.4 Å². The van der Waals surface area contributed by atoms with E-state index >= 15 is 0 Å². The van der Waals surface area contributed by atoms with Gasteiger partial charge in [0.25, 0.3) is 0 Å². The fraction of sp³-hybridized carbons (Fsp3) is 0.200. The summed E-state index contributed by atoms with van der Waals surface area (Å²) in [6.07, 6.45) is -0.196. The van der Waals surface area contributed by atoms with E-state index in [0.29, 0.717) is 22.0 Å². The van der Waals surface area contributed by atoms with Gasteiger partial charge in [0.1, 0.15) is 18.1 Å². The zero-order valence-electron chi connectivity index (χ0n) is 14.8. The van der Waals surface area contributed by atoms with Gasteiger partial charge in [0.05, 0.1) is 5.56 Å². The molecular weight excluding hydrogens is 392 g/mol. The maximum atomic E-state index is 14.3. The molecule has 0 aliphatic heterocycles. The van der Waals surface area contributed by atoms with Crippen molar-refractivity contribution in [1.29, 1.82) is 0 Å². The van der Waals surface area contributed by atoms with E-state index in [0.717, 1.165) is 17.7 Å². The highest BCUT2D eigenvalue weighted by molar-refractivity contribution is 6.30. The third kappa shape index (κ3) is 4.48. The Morgan fingerprint density at radius 2 is 1.86 bits per heavy atom. The molecule has 5 nitrogen and oxygen atoms in total. The van der Waals surface area contributed by atoms with Crippen molar-refractivity contribution in [2.75, 3.05) is 0 Å². The first kappa shape index (κ1) is 19.8. The minimum Gasteiger partial charge on any atom is -0.483 e. The standard InChI is InChI=1S/C20H16ClF2NO4/c1-11-15(19(24-28-11)13-3-5-14(21)6-4-13)10-27-20-16(22)8-12(9-17(20)23)2-7-18(25)26/h3-6,8-9H,2,7,10H2,1H3,(H,25,26). The average molecular weight is 408 g/mol. The lowest BCUT2D eigenvalue weighted by Gasteiger charge is -2.10. The highest BCUT2D eigenvalue weighted by Gasteiger charge is 2.19. The number of benzene rings is 2. The van der Waals surface area contributed by atoms with E-state index in [4.69, 9.17) is 26.0 Å². The number of hydrogen-bond acceptors (Lipinski definition) is 4. The Balaban J connectivity index is 1.80. The second-order valence-corrected chi connectivity index (χ2v) is 6.58. The summed E-state index contributed by atoms with van der Waals surface area (Å²) in [6.45, 7) is 1.52. The van der Waals surface area contributed by atoms with E-state index in [1.54, 1.807) is 31.2 Å². The van der Waals surface area contributed by atoms with Crippen LogP contribution in [0.4, 0.5) is 8.78 Å². The van der Waals surface area contributed by atoms with Crippen LogP contribution in [0.3, 0.4) is 0 Å². The van der Waals surface area contributed by atoms with E-state index in [1.807, 2.05) is 0 Å². The van der Waals surface area contributed by atoms with Gasteiger partial charge in [-0.15, -0.1) is 0 Å². The molecule has 1 aromatic heterocycles. The molecule has 0 bridgehead atoms. The fourth-order valence-electron chi connectivity index (χ4n) is 2.69. The third-order valence-electron chi connectivity index (χ3n) is 4.15. The van der Waals surface area contributed by atoms with E-state index in [-0.39, 0.29) is 25.0 Å². The zero-order valence-corrected chi connectivity index (χ0v) is 15.6. The lowest BCUT2D eigenvalue weighted by Crippen LogP contribution is -2.04. The van der Waals surface area contributed by atoms with Crippen LogP contribution in [-0.2, 0) is 17.8 Å². The highest BCUT2D eigenvalue weighted by Crippen LogP contribution is 2.30. The van der Waals surface area contributed by atoms with Crippen molar-refractivity contribution in [2.45, 2.75) is 26.4 Å². The molecular formula is C20H16ClF2NO4. The normalized spacial score (nSPS) is 10.9. The number of aliphatic carboxylic acids is 1. The second kappa shape index (κ2) is 8.39. The van der Waals surface area contributed by atoms with Crippen molar-refractivity contribution in [2.24, 2.45) is 0 Å². The monoisotopic (exact) mass is 407 g/mol.